The minimum absolute atomic E-state index is 0.0252. The number of carbonyl (C=O) groups is 1. The van der Waals surface area contributed by atoms with E-state index in [1.54, 1.807) is 18.2 Å². The molecule has 0 aliphatic carbocycles. The number of nitrogens with two attached hydrogens (primary N) is 1. The van der Waals surface area contributed by atoms with Gasteiger partial charge in [0, 0.05) is 23.9 Å². The second kappa shape index (κ2) is 6.90. The summed E-state index contributed by atoms with van der Waals surface area (Å²) in [6.45, 7) is 0.264. The molecule has 0 bridgehead atoms. The van der Waals surface area contributed by atoms with Crippen molar-refractivity contribution in [2.24, 2.45) is 10.9 Å². The van der Waals surface area contributed by atoms with Gasteiger partial charge < -0.3 is 16.3 Å². The number of rotatable bonds is 6. The number of carbonyl (C=O) groups excluding carboxylic acids is 1. The SMILES string of the molecule is CS(=O)(=O)CCCNC(=O)c1cccc(C(N)=NO)c1. The number of amides is 1. The summed E-state index contributed by atoms with van der Waals surface area (Å²) in [6, 6.07) is 6.29. The zero-order valence-corrected chi connectivity index (χ0v) is 11.9. The molecular weight excluding hydrogens is 282 g/mol. The van der Waals surface area contributed by atoms with Gasteiger partial charge in [0.05, 0.1) is 5.75 Å². The molecule has 0 heterocycles. The Morgan fingerprint density at radius 3 is 2.65 bits per heavy atom. The van der Waals surface area contributed by atoms with Crippen molar-refractivity contribution < 1.29 is 18.4 Å². The van der Waals surface area contributed by atoms with E-state index in [0.717, 1.165) is 6.26 Å². The summed E-state index contributed by atoms with van der Waals surface area (Å²) in [6.07, 6.45) is 1.50. The van der Waals surface area contributed by atoms with Crippen molar-refractivity contribution >= 4 is 21.6 Å². The number of hydrogen-bond donors (Lipinski definition) is 3. The Balaban J connectivity index is 2.60. The summed E-state index contributed by atoms with van der Waals surface area (Å²) in [5.74, 6) is -0.403. The maximum Gasteiger partial charge on any atom is 0.251 e. The fourth-order valence-electron chi connectivity index (χ4n) is 1.52. The van der Waals surface area contributed by atoms with Gasteiger partial charge in [-0.1, -0.05) is 17.3 Å². The maximum atomic E-state index is 11.8. The lowest BCUT2D eigenvalue weighted by Crippen LogP contribution is -2.26. The van der Waals surface area contributed by atoms with Crippen LogP contribution in [-0.4, -0.2) is 43.9 Å². The summed E-state index contributed by atoms with van der Waals surface area (Å²) >= 11 is 0. The van der Waals surface area contributed by atoms with Crippen LogP contribution in [0.2, 0.25) is 0 Å². The lowest BCUT2D eigenvalue weighted by molar-refractivity contribution is 0.0953. The topological polar surface area (TPSA) is 122 Å². The lowest BCUT2D eigenvalue weighted by atomic mass is 10.1. The van der Waals surface area contributed by atoms with E-state index in [2.05, 4.69) is 10.5 Å². The molecule has 7 nitrogen and oxygen atoms in total. The molecule has 0 fully saturated rings. The summed E-state index contributed by atoms with van der Waals surface area (Å²) in [4.78, 5) is 11.8. The Morgan fingerprint density at radius 1 is 1.40 bits per heavy atom. The first-order chi connectivity index (χ1) is 9.33. The van der Waals surface area contributed by atoms with E-state index in [0.29, 0.717) is 17.5 Å². The van der Waals surface area contributed by atoms with Crippen LogP contribution in [-0.2, 0) is 9.84 Å². The molecule has 1 amide bonds. The highest BCUT2D eigenvalue weighted by Gasteiger charge is 2.08. The molecule has 0 aliphatic heterocycles. The van der Waals surface area contributed by atoms with Crippen LogP contribution < -0.4 is 11.1 Å². The molecule has 0 atom stereocenters. The van der Waals surface area contributed by atoms with Crippen LogP contribution in [0.3, 0.4) is 0 Å². The minimum atomic E-state index is -3.02. The fraction of sp³-hybridized carbons (Fsp3) is 0.333. The highest BCUT2D eigenvalue weighted by atomic mass is 32.2. The van der Waals surface area contributed by atoms with E-state index in [1.807, 2.05) is 0 Å². The van der Waals surface area contributed by atoms with Crippen molar-refractivity contribution in [3.05, 3.63) is 35.4 Å². The van der Waals surface area contributed by atoms with Crippen molar-refractivity contribution in [3.8, 4) is 0 Å². The first-order valence-electron chi connectivity index (χ1n) is 5.87. The molecule has 0 aliphatic rings. The third-order valence-electron chi connectivity index (χ3n) is 2.51. The third-order valence-corrected chi connectivity index (χ3v) is 3.54. The van der Waals surface area contributed by atoms with Crippen molar-refractivity contribution in [2.45, 2.75) is 6.42 Å². The smallest absolute Gasteiger partial charge is 0.251 e. The Bertz CT molecular complexity index is 611. The van der Waals surface area contributed by atoms with Gasteiger partial charge in [-0.25, -0.2) is 8.42 Å². The lowest BCUT2D eigenvalue weighted by Gasteiger charge is -2.06. The molecule has 0 saturated heterocycles. The second-order valence-electron chi connectivity index (χ2n) is 4.31. The van der Waals surface area contributed by atoms with Crippen LogP contribution in [0.1, 0.15) is 22.3 Å². The van der Waals surface area contributed by atoms with E-state index >= 15 is 0 Å². The number of nitrogens with one attached hydrogen (secondary N) is 1. The molecule has 1 rings (SSSR count). The number of nitrogens with zero attached hydrogens (tertiary/aromatic N) is 1. The first kappa shape index (κ1) is 16.0. The Kier molecular flexibility index (Phi) is 5.51. The largest absolute Gasteiger partial charge is 0.409 e. The monoisotopic (exact) mass is 299 g/mol. The summed E-state index contributed by atoms with van der Waals surface area (Å²) in [7, 11) is -3.02. The first-order valence-corrected chi connectivity index (χ1v) is 7.93. The number of oxime groups is 1. The van der Waals surface area contributed by atoms with Crippen LogP contribution in [0, 0.1) is 0 Å². The van der Waals surface area contributed by atoms with Crippen LogP contribution in [0.15, 0.2) is 29.4 Å². The average molecular weight is 299 g/mol. The highest BCUT2D eigenvalue weighted by molar-refractivity contribution is 7.90. The van der Waals surface area contributed by atoms with Gasteiger partial charge in [0.25, 0.3) is 5.91 Å². The van der Waals surface area contributed by atoms with Gasteiger partial charge in [-0.15, -0.1) is 0 Å². The Morgan fingerprint density at radius 2 is 2.05 bits per heavy atom. The number of hydrogen-bond acceptors (Lipinski definition) is 5. The predicted molar refractivity (Wildman–Crippen MR) is 75.6 cm³/mol. The molecular formula is C12H17N3O4S. The highest BCUT2D eigenvalue weighted by Crippen LogP contribution is 2.05. The van der Waals surface area contributed by atoms with Gasteiger partial charge in [-0.2, -0.15) is 0 Å². The predicted octanol–water partition coefficient (Wildman–Crippen LogP) is -0.0544. The van der Waals surface area contributed by atoms with Crippen molar-refractivity contribution in [1.29, 1.82) is 0 Å². The molecule has 1 aromatic rings. The minimum Gasteiger partial charge on any atom is -0.409 e. The number of benzene rings is 1. The fourth-order valence-corrected chi connectivity index (χ4v) is 2.18. The molecule has 110 valence electrons. The van der Waals surface area contributed by atoms with E-state index < -0.39 is 9.84 Å². The molecule has 4 N–H and O–H groups in total. The summed E-state index contributed by atoms with van der Waals surface area (Å²) in [5.41, 5.74) is 6.22. The zero-order valence-electron chi connectivity index (χ0n) is 11.0. The van der Waals surface area contributed by atoms with E-state index in [9.17, 15) is 13.2 Å². The van der Waals surface area contributed by atoms with Crippen molar-refractivity contribution in [3.63, 3.8) is 0 Å². The van der Waals surface area contributed by atoms with E-state index in [4.69, 9.17) is 10.9 Å². The van der Waals surface area contributed by atoms with Gasteiger partial charge in [-0.05, 0) is 18.6 Å². The molecule has 1 aromatic carbocycles. The quantitative estimate of drug-likeness (QED) is 0.223. The van der Waals surface area contributed by atoms with Crippen molar-refractivity contribution in [2.75, 3.05) is 18.6 Å². The second-order valence-corrected chi connectivity index (χ2v) is 6.57. The maximum absolute atomic E-state index is 11.8. The Labute approximate surface area is 117 Å². The van der Waals surface area contributed by atoms with E-state index in [1.165, 1.54) is 6.07 Å². The number of sulfone groups is 1. The van der Waals surface area contributed by atoms with Gasteiger partial charge in [0.1, 0.15) is 9.84 Å². The average Bonchev–Trinajstić information content (AvgIpc) is 2.41. The molecule has 0 radical (unpaired) electrons. The molecule has 8 heteroatoms. The number of amidine groups is 1. The molecule has 20 heavy (non-hydrogen) atoms. The summed E-state index contributed by atoms with van der Waals surface area (Å²) < 4.78 is 21.9. The zero-order chi connectivity index (χ0) is 15.2. The van der Waals surface area contributed by atoms with E-state index in [-0.39, 0.29) is 24.0 Å². The van der Waals surface area contributed by atoms with Crippen LogP contribution >= 0.6 is 0 Å². The van der Waals surface area contributed by atoms with Gasteiger partial charge >= 0.3 is 0 Å². The molecule has 0 spiro atoms. The molecule has 0 saturated carbocycles. The van der Waals surface area contributed by atoms with Crippen LogP contribution in [0.25, 0.3) is 0 Å². The summed E-state index contributed by atoms with van der Waals surface area (Å²) in [5, 5.41) is 14.0. The third kappa shape index (κ3) is 5.27. The van der Waals surface area contributed by atoms with Gasteiger partial charge in [0.2, 0.25) is 0 Å². The Hall–Kier alpha value is -2.09. The van der Waals surface area contributed by atoms with Crippen molar-refractivity contribution in [1.82, 2.24) is 5.32 Å². The van der Waals surface area contributed by atoms with Crippen LogP contribution in [0.4, 0.5) is 0 Å². The van der Waals surface area contributed by atoms with Gasteiger partial charge in [0.15, 0.2) is 5.84 Å². The molecule has 0 unspecified atom stereocenters. The standard InChI is InChI=1S/C12H17N3O4S/c1-20(18,19)7-3-6-14-12(16)10-5-2-4-9(8-10)11(13)15-17/h2,4-5,8,17H,3,6-7H2,1H3,(H2,13,15)(H,14,16). The van der Waals surface area contributed by atoms with Crippen LogP contribution in [0.5, 0.6) is 0 Å². The van der Waals surface area contributed by atoms with Gasteiger partial charge in [-0.3, -0.25) is 4.79 Å². The normalized spacial score (nSPS) is 12.2. The molecule has 0 aromatic heterocycles.